The molecule has 2 amide bonds. The molecule has 2 aromatic rings. The Kier molecular flexibility index (Phi) is 13.6. The Labute approximate surface area is 229 Å². The van der Waals surface area contributed by atoms with E-state index in [2.05, 4.69) is 5.32 Å². The lowest BCUT2D eigenvalue weighted by atomic mass is 10.1. The van der Waals surface area contributed by atoms with Crippen LogP contribution in [0.5, 0.6) is 5.75 Å². The molecule has 0 bridgehead atoms. The van der Waals surface area contributed by atoms with E-state index >= 15 is 0 Å². The molecule has 0 heterocycles. The molecule has 0 aromatic heterocycles. The Hall–Kier alpha value is -3.45. The second-order valence-corrected chi connectivity index (χ2v) is 8.69. The van der Waals surface area contributed by atoms with Gasteiger partial charge in [0.15, 0.2) is 6.10 Å². The van der Waals surface area contributed by atoms with Crippen LogP contribution in [0.2, 0.25) is 0 Å². The normalized spacial score (nSPS) is 12.2. The maximum atomic E-state index is 13.9. The van der Waals surface area contributed by atoms with Gasteiger partial charge in [0.2, 0.25) is 0 Å². The van der Waals surface area contributed by atoms with E-state index in [-0.39, 0.29) is 64.5 Å². The molecule has 0 fully saturated rings. The van der Waals surface area contributed by atoms with Gasteiger partial charge < -0.3 is 29.5 Å². The topological polar surface area (TPSA) is 97.3 Å². The van der Waals surface area contributed by atoms with Crippen molar-refractivity contribution in [2.75, 3.05) is 39.5 Å². The van der Waals surface area contributed by atoms with Crippen LogP contribution in [0.25, 0.3) is 0 Å². The zero-order valence-electron chi connectivity index (χ0n) is 22.0. The van der Waals surface area contributed by atoms with Crippen LogP contribution in [-0.4, -0.2) is 73.8 Å². The van der Waals surface area contributed by atoms with Gasteiger partial charge in [0.1, 0.15) is 24.0 Å². The first-order chi connectivity index (χ1) is 19.0. The molecular weight excluding hydrogens is 543 g/mol. The molecule has 0 spiro atoms. The number of carbonyl (C=O) groups excluding carboxylic acids is 1. The third kappa shape index (κ3) is 12.6. The smallest absolute Gasteiger partial charge is 0.389 e. The number of urea groups is 1. The SMILES string of the molecule is CCOC(Cc1ccc(OCCN(CCOCCCC(F)(F)F)C(=O)NCc2ccc(F)cc2F)cc1)C(=O)O. The Morgan fingerprint density at radius 1 is 1.02 bits per heavy atom. The Balaban J connectivity index is 1.90. The molecule has 222 valence electrons. The molecule has 0 saturated heterocycles. The first-order valence-electron chi connectivity index (χ1n) is 12.7. The van der Waals surface area contributed by atoms with Gasteiger partial charge in [-0.15, -0.1) is 0 Å². The van der Waals surface area contributed by atoms with Crippen LogP contribution in [0, 0.1) is 11.6 Å². The van der Waals surface area contributed by atoms with Crippen LogP contribution in [0.4, 0.5) is 26.7 Å². The highest BCUT2D eigenvalue weighted by Crippen LogP contribution is 2.21. The van der Waals surface area contributed by atoms with Crippen LogP contribution in [0.3, 0.4) is 0 Å². The first kappa shape index (κ1) is 32.8. The number of alkyl halides is 3. The summed E-state index contributed by atoms with van der Waals surface area (Å²) >= 11 is 0. The molecule has 0 aliphatic carbocycles. The van der Waals surface area contributed by atoms with Crippen molar-refractivity contribution in [1.29, 1.82) is 0 Å². The van der Waals surface area contributed by atoms with Crippen molar-refractivity contribution in [2.45, 2.75) is 45.0 Å². The monoisotopic (exact) mass is 576 g/mol. The van der Waals surface area contributed by atoms with Crippen LogP contribution in [0.1, 0.15) is 30.9 Å². The van der Waals surface area contributed by atoms with Gasteiger partial charge in [0, 0.05) is 50.8 Å². The van der Waals surface area contributed by atoms with Crippen molar-refractivity contribution in [2.24, 2.45) is 0 Å². The summed E-state index contributed by atoms with van der Waals surface area (Å²) in [6.45, 7) is 1.73. The number of halogens is 5. The zero-order valence-corrected chi connectivity index (χ0v) is 22.0. The molecule has 40 heavy (non-hydrogen) atoms. The molecule has 0 radical (unpaired) electrons. The highest BCUT2D eigenvalue weighted by atomic mass is 19.4. The Morgan fingerprint density at radius 2 is 1.73 bits per heavy atom. The average Bonchev–Trinajstić information content (AvgIpc) is 2.88. The highest BCUT2D eigenvalue weighted by molar-refractivity contribution is 5.74. The van der Waals surface area contributed by atoms with Gasteiger partial charge in [-0.1, -0.05) is 18.2 Å². The summed E-state index contributed by atoms with van der Waals surface area (Å²) in [7, 11) is 0. The molecule has 2 N–H and O–H groups in total. The minimum atomic E-state index is -4.28. The van der Waals surface area contributed by atoms with E-state index in [1.165, 1.54) is 11.0 Å². The summed E-state index contributed by atoms with van der Waals surface area (Å²) in [5, 5.41) is 11.8. The molecule has 0 saturated carbocycles. The zero-order chi connectivity index (χ0) is 29.5. The van der Waals surface area contributed by atoms with Gasteiger partial charge in [0.25, 0.3) is 0 Å². The summed E-state index contributed by atoms with van der Waals surface area (Å²) in [6, 6.07) is 9.05. The van der Waals surface area contributed by atoms with Gasteiger partial charge in [-0.2, -0.15) is 13.2 Å². The van der Waals surface area contributed by atoms with Crippen molar-refractivity contribution < 1.29 is 50.9 Å². The molecule has 0 aliphatic rings. The molecule has 0 aliphatic heterocycles. The number of nitrogens with one attached hydrogen (secondary N) is 1. The number of nitrogens with zero attached hydrogens (tertiary/aromatic N) is 1. The van der Waals surface area contributed by atoms with Crippen LogP contribution in [-0.2, 0) is 27.2 Å². The van der Waals surface area contributed by atoms with E-state index in [0.717, 1.165) is 11.6 Å². The van der Waals surface area contributed by atoms with Crippen molar-refractivity contribution >= 4 is 12.0 Å². The van der Waals surface area contributed by atoms with E-state index in [1.54, 1.807) is 31.2 Å². The van der Waals surface area contributed by atoms with Gasteiger partial charge in [0.05, 0.1) is 13.2 Å². The Bertz CT molecular complexity index is 1070. The number of aliphatic carboxylic acids is 1. The third-order valence-corrected chi connectivity index (χ3v) is 5.60. The van der Waals surface area contributed by atoms with E-state index in [9.17, 15) is 36.6 Å². The minimum absolute atomic E-state index is 0.0278. The number of carboxylic acid groups (broad SMARTS) is 1. The summed E-state index contributed by atoms with van der Waals surface area (Å²) in [5.74, 6) is -2.17. The molecule has 1 atom stereocenters. The molecule has 2 aromatic carbocycles. The van der Waals surface area contributed by atoms with Gasteiger partial charge in [-0.25, -0.2) is 18.4 Å². The number of amides is 2. The van der Waals surface area contributed by atoms with Crippen molar-refractivity contribution in [3.05, 3.63) is 65.2 Å². The maximum absolute atomic E-state index is 13.9. The van der Waals surface area contributed by atoms with Crippen molar-refractivity contribution in [3.63, 3.8) is 0 Å². The molecular formula is C27H33F5N2O6. The minimum Gasteiger partial charge on any atom is -0.492 e. The number of benzene rings is 2. The maximum Gasteiger partial charge on any atom is 0.389 e. The van der Waals surface area contributed by atoms with Gasteiger partial charge in [-0.05, 0) is 37.1 Å². The summed E-state index contributed by atoms with van der Waals surface area (Å²) in [4.78, 5) is 25.3. The quantitative estimate of drug-likeness (QED) is 0.205. The van der Waals surface area contributed by atoms with E-state index in [1.807, 2.05) is 0 Å². The van der Waals surface area contributed by atoms with Crippen LogP contribution in [0.15, 0.2) is 42.5 Å². The molecule has 8 nitrogen and oxygen atoms in total. The lowest BCUT2D eigenvalue weighted by Crippen LogP contribution is -2.43. The molecule has 2 rings (SSSR count). The van der Waals surface area contributed by atoms with E-state index in [4.69, 9.17) is 14.2 Å². The highest BCUT2D eigenvalue weighted by Gasteiger charge is 2.26. The standard InChI is InChI=1S/C27H33F5N2O6/c1-2-39-24(25(35)36)16-19-4-8-22(9-5-19)40-15-12-34(11-14-38-13-3-10-27(30,31)32)26(37)33-18-20-6-7-21(28)17-23(20)29/h4-9,17,24H,2-3,10-16,18H2,1H3,(H,33,37)(H,35,36). The van der Waals surface area contributed by atoms with E-state index in [0.29, 0.717) is 11.8 Å². The predicted molar refractivity (Wildman–Crippen MR) is 135 cm³/mol. The summed E-state index contributed by atoms with van der Waals surface area (Å²) in [5.41, 5.74) is 0.800. The first-order valence-corrected chi connectivity index (χ1v) is 12.7. The number of rotatable bonds is 17. The lowest BCUT2D eigenvalue weighted by Gasteiger charge is -2.23. The second-order valence-electron chi connectivity index (χ2n) is 8.69. The predicted octanol–water partition coefficient (Wildman–Crippen LogP) is 4.95. The molecule has 13 heteroatoms. The lowest BCUT2D eigenvalue weighted by molar-refractivity contribution is -0.150. The number of hydrogen-bond donors (Lipinski definition) is 2. The number of carbonyl (C=O) groups is 2. The van der Waals surface area contributed by atoms with Crippen molar-refractivity contribution in [1.82, 2.24) is 10.2 Å². The van der Waals surface area contributed by atoms with Gasteiger partial charge >= 0.3 is 18.2 Å². The summed E-state index contributed by atoms with van der Waals surface area (Å²) < 4.78 is 80.0. The average molecular weight is 577 g/mol. The van der Waals surface area contributed by atoms with Gasteiger partial charge in [-0.3, -0.25) is 0 Å². The van der Waals surface area contributed by atoms with Crippen molar-refractivity contribution in [3.8, 4) is 5.75 Å². The largest absolute Gasteiger partial charge is 0.492 e. The second kappa shape index (κ2) is 16.6. The molecule has 1 unspecified atom stereocenters. The Morgan fingerprint density at radius 3 is 2.35 bits per heavy atom. The number of hydrogen-bond acceptors (Lipinski definition) is 5. The van der Waals surface area contributed by atoms with Crippen LogP contribution >= 0.6 is 0 Å². The summed E-state index contributed by atoms with van der Waals surface area (Å²) in [6.07, 6.45) is -6.26. The number of ether oxygens (including phenoxy) is 3. The van der Waals surface area contributed by atoms with E-state index < -0.39 is 42.3 Å². The third-order valence-electron chi connectivity index (χ3n) is 5.60. The van der Waals surface area contributed by atoms with Crippen LogP contribution < -0.4 is 10.1 Å². The fourth-order valence-corrected chi connectivity index (χ4v) is 3.54. The fourth-order valence-electron chi connectivity index (χ4n) is 3.54. The fraction of sp³-hybridized carbons (Fsp3) is 0.481. The number of carboxylic acids is 1.